The highest BCUT2D eigenvalue weighted by molar-refractivity contribution is 5.93. The molecule has 2 atom stereocenters. The number of hydrogen-bond acceptors (Lipinski definition) is 4. The fraction of sp³-hybridized carbons (Fsp3) is 0.435. The van der Waals surface area contributed by atoms with Gasteiger partial charge in [0, 0.05) is 37.6 Å². The summed E-state index contributed by atoms with van der Waals surface area (Å²) in [5, 5.41) is 2.90. The molecule has 2 saturated heterocycles. The number of benzene rings is 1. The second kappa shape index (κ2) is 8.92. The number of anilines is 1. The van der Waals surface area contributed by atoms with Crippen molar-refractivity contribution in [1.82, 2.24) is 14.8 Å². The van der Waals surface area contributed by atoms with Crippen LogP contribution in [-0.4, -0.2) is 59.3 Å². The second-order valence-corrected chi connectivity index (χ2v) is 8.28. The van der Waals surface area contributed by atoms with Gasteiger partial charge < -0.3 is 15.1 Å². The van der Waals surface area contributed by atoms with Crippen molar-refractivity contribution >= 4 is 17.5 Å². The maximum atomic E-state index is 13.1. The number of rotatable bonds is 4. The molecule has 2 amide bonds. The molecule has 1 aromatic heterocycles. The van der Waals surface area contributed by atoms with E-state index >= 15 is 0 Å². The summed E-state index contributed by atoms with van der Waals surface area (Å²) in [6.07, 6.45) is 4.31. The number of carbonyl (C=O) groups excluding carboxylic acids is 2. The van der Waals surface area contributed by atoms with Gasteiger partial charge in [-0.1, -0.05) is 6.07 Å². The van der Waals surface area contributed by atoms with Crippen molar-refractivity contribution in [3.8, 4) is 0 Å². The number of hydrogen-bond donors (Lipinski definition) is 1. The number of piperidine rings is 1. The van der Waals surface area contributed by atoms with E-state index in [1.807, 2.05) is 17.0 Å². The molecule has 30 heavy (non-hydrogen) atoms. The Hall–Kier alpha value is -2.80. The minimum atomic E-state index is -0.318. The Kier molecular flexibility index (Phi) is 6.08. The van der Waals surface area contributed by atoms with E-state index in [4.69, 9.17) is 0 Å². The van der Waals surface area contributed by atoms with Crippen LogP contribution in [0.1, 0.15) is 29.8 Å². The van der Waals surface area contributed by atoms with E-state index in [2.05, 4.69) is 22.2 Å². The van der Waals surface area contributed by atoms with Crippen LogP contribution in [0.4, 0.5) is 10.1 Å². The Morgan fingerprint density at radius 3 is 2.50 bits per heavy atom. The summed E-state index contributed by atoms with van der Waals surface area (Å²) < 4.78 is 13.1. The molecule has 158 valence electrons. The van der Waals surface area contributed by atoms with Crippen molar-refractivity contribution in [1.29, 1.82) is 0 Å². The first kappa shape index (κ1) is 20.5. The first-order chi connectivity index (χ1) is 14.5. The van der Waals surface area contributed by atoms with Crippen molar-refractivity contribution in [2.45, 2.75) is 25.3 Å². The van der Waals surface area contributed by atoms with Crippen LogP contribution in [-0.2, 0) is 4.79 Å². The van der Waals surface area contributed by atoms with Crippen LogP contribution < -0.4 is 5.32 Å². The van der Waals surface area contributed by atoms with E-state index in [1.165, 1.54) is 12.1 Å². The molecule has 0 bridgehead atoms. The zero-order valence-corrected chi connectivity index (χ0v) is 17.1. The van der Waals surface area contributed by atoms with Gasteiger partial charge in [0.2, 0.25) is 5.91 Å². The summed E-state index contributed by atoms with van der Waals surface area (Å²) in [6.45, 7) is 2.15. The van der Waals surface area contributed by atoms with E-state index in [9.17, 15) is 14.0 Å². The van der Waals surface area contributed by atoms with Crippen LogP contribution in [0.5, 0.6) is 0 Å². The molecule has 2 fully saturated rings. The molecule has 0 spiro atoms. The molecule has 1 aromatic carbocycles. The molecule has 0 radical (unpaired) electrons. The van der Waals surface area contributed by atoms with Gasteiger partial charge in [-0.2, -0.15) is 0 Å². The molecule has 2 aliphatic heterocycles. The van der Waals surface area contributed by atoms with Gasteiger partial charge in [-0.05, 0) is 68.6 Å². The first-order valence-corrected chi connectivity index (χ1v) is 10.5. The second-order valence-electron chi connectivity index (χ2n) is 8.28. The largest absolute Gasteiger partial charge is 0.337 e. The number of pyridine rings is 1. The number of likely N-dealkylation sites (tertiary alicyclic amines) is 2. The summed E-state index contributed by atoms with van der Waals surface area (Å²) in [5.41, 5.74) is 1.11. The van der Waals surface area contributed by atoms with Crippen LogP contribution >= 0.6 is 0 Å². The quantitative estimate of drug-likeness (QED) is 0.842. The Morgan fingerprint density at radius 2 is 1.83 bits per heavy atom. The van der Waals surface area contributed by atoms with Crippen LogP contribution in [0, 0.1) is 17.7 Å². The molecular weight excluding hydrogens is 383 g/mol. The highest BCUT2D eigenvalue weighted by Crippen LogP contribution is 2.33. The highest BCUT2D eigenvalue weighted by atomic mass is 19.1. The van der Waals surface area contributed by atoms with E-state index in [-0.39, 0.29) is 23.5 Å². The van der Waals surface area contributed by atoms with Crippen molar-refractivity contribution < 1.29 is 14.0 Å². The van der Waals surface area contributed by atoms with Gasteiger partial charge in [0.15, 0.2) is 0 Å². The lowest BCUT2D eigenvalue weighted by Crippen LogP contribution is -2.43. The van der Waals surface area contributed by atoms with E-state index in [0.29, 0.717) is 29.9 Å². The molecule has 0 aliphatic carbocycles. The van der Waals surface area contributed by atoms with Crippen molar-refractivity contribution in [3.63, 3.8) is 0 Å². The number of amides is 2. The summed E-state index contributed by atoms with van der Waals surface area (Å²) in [7, 11) is 2.07. The van der Waals surface area contributed by atoms with E-state index in [1.54, 1.807) is 24.4 Å². The maximum absolute atomic E-state index is 13.1. The lowest BCUT2D eigenvalue weighted by molar-refractivity contribution is -0.119. The normalized spacial score (nSPS) is 22.8. The van der Waals surface area contributed by atoms with Crippen LogP contribution in [0.15, 0.2) is 48.7 Å². The maximum Gasteiger partial charge on any atom is 0.272 e. The lowest BCUT2D eigenvalue weighted by Gasteiger charge is -2.37. The van der Waals surface area contributed by atoms with Gasteiger partial charge in [-0.25, -0.2) is 4.39 Å². The molecule has 7 heteroatoms. The average molecular weight is 410 g/mol. The summed E-state index contributed by atoms with van der Waals surface area (Å²) in [6, 6.07) is 11.6. The number of nitrogens with one attached hydrogen (secondary N) is 1. The molecular formula is C23H27FN4O2. The van der Waals surface area contributed by atoms with Crippen LogP contribution in [0.25, 0.3) is 0 Å². The molecule has 1 N–H and O–H groups in total. The van der Waals surface area contributed by atoms with Crippen molar-refractivity contribution in [3.05, 3.63) is 60.2 Å². The van der Waals surface area contributed by atoms with Crippen LogP contribution in [0.2, 0.25) is 0 Å². The van der Waals surface area contributed by atoms with Gasteiger partial charge in [0.1, 0.15) is 11.5 Å². The first-order valence-electron chi connectivity index (χ1n) is 10.5. The monoisotopic (exact) mass is 410 g/mol. The third kappa shape index (κ3) is 4.51. The number of carbonyl (C=O) groups is 2. The highest BCUT2D eigenvalue weighted by Gasteiger charge is 2.39. The summed E-state index contributed by atoms with van der Waals surface area (Å²) >= 11 is 0. The van der Waals surface area contributed by atoms with Gasteiger partial charge in [0.25, 0.3) is 5.91 Å². The molecule has 3 heterocycles. The Balaban J connectivity index is 1.30. The fourth-order valence-corrected chi connectivity index (χ4v) is 4.69. The number of halogens is 1. The Bertz CT molecular complexity index is 882. The van der Waals surface area contributed by atoms with Gasteiger partial charge in [-0.3, -0.25) is 14.6 Å². The van der Waals surface area contributed by atoms with Crippen molar-refractivity contribution in [2.75, 3.05) is 32.0 Å². The third-order valence-electron chi connectivity index (χ3n) is 6.34. The predicted octanol–water partition coefficient (Wildman–Crippen LogP) is 3.03. The molecule has 6 nitrogen and oxygen atoms in total. The van der Waals surface area contributed by atoms with Gasteiger partial charge in [-0.15, -0.1) is 0 Å². The van der Waals surface area contributed by atoms with E-state index in [0.717, 1.165) is 32.4 Å². The van der Waals surface area contributed by atoms with Crippen molar-refractivity contribution in [2.24, 2.45) is 11.8 Å². The molecule has 2 aliphatic rings. The average Bonchev–Trinajstić information content (AvgIpc) is 3.17. The fourth-order valence-electron chi connectivity index (χ4n) is 4.69. The summed E-state index contributed by atoms with van der Waals surface area (Å²) in [4.78, 5) is 33.6. The number of nitrogens with zero attached hydrogens (tertiary/aromatic N) is 3. The minimum absolute atomic E-state index is 0.00891. The van der Waals surface area contributed by atoms with Gasteiger partial charge in [0.05, 0.1) is 5.92 Å². The Morgan fingerprint density at radius 1 is 1.10 bits per heavy atom. The molecule has 0 unspecified atom stereocenters. The summed E-state index contributed by atoms with van der Waals surface area (Å²) in [5.74, 6) is 0.0373. The minimum Gasteiger partial charge on any atom is -0.337 e. The lowest BCUT2D eigenvalue weighted by atomic mass is 9.86. The topological polar surface area (TPSA) is 65.5 Å². The smallest absolute Gasteiger partial charge is 0.272 e. The van der Waals surface area contributed by atoms with Crippen LogP contribution in [0.3, 0.4) is 0 Å². The van der Waals surface area contributed by atoms with E-state index < -0.39 is 0 Å². The number of aromatic nitrogens is 1. The zero-order chi connectivity index (χ0) is 21.1. The molecule has 4 rings (SSSR count). The zero-order valence-electron chi connectivity index (χ0n) is 17.1. The third-order valence-corrected chi connectivity index (χ3v) is 6.34. The SMILES string of the molecule is CN1C[C@H](C(=O)Nc2ccc(F)cc2)C[C@H]1C1CCN(C(=O)c2ccccn2)CC1. The molecule has 2 aromatic rings. The predicted molar refractivity (Wildman–Crippen MR) is 112 cm³/mol. The molecule has 0 saturated carbocycles. The standard InChI is InChI=1S/C23H27FN4O2/c1-27-15-17(22(29)26-19-7-5-18(24)6-8-19)14-21(27)16-9-12-28(13-10-16)23(30)20-4-2-3-11-25-20/h2-8,11,16-17,21H,9-10,12-15H2,1H3,(H,26,29)/t17-,21+/m1/s1. The Labute approximate surface area is 176 Å². The van der Waals surface area contributed by atoms with Gasteiger partial charge >= 0.3 is 0 Å².